The van der Waals surface area contributed by atoms with Crippen LogP contribution in [0.5, 0.6) is 5.19 Å². The lowest BCUT2D eigenvalue weighted by atomic mass is 11.0. The van der Waals surface area contributed by atoms with E-state index in [0.717, 1.165) is 0 Å². The van der Waals surface area contributed by atoms with Crippen molar-refractivity contribution >= 4 is 11.3 Å². The van der Waals surface area contributed by atoms with E-state index < -0.39 is 0 Å². The minimum absolute atomic E-state index is 0.611. The quantitative estimate of drug-likeness (QED) is 0.549. The molecule has 1 radical (unpaired) electrons. The first-order valence-corrected chi connectivity index (χ1v) is 2.63. The summed E-state index contributed by atoms with van der Waals surface area (Å²) in [7, 11) is 3.18. The first-order valence-electron chi connectivity index (χ1n) is 1.75. The van der Waals surface area contributed by atoms with Crippen molar-refractivity contribution in [2.75, 3.05) is 0 Å². The predicted molar refractivity (Wildman–Crippen MR) is 28.1 cm³/mol. The van der Waals surface area contributed by atoms with Crippen LogP contribution in [0.25, 0.3) is 0 Å². The fourth-order valence-corrected chi connectivity index (χ4v) is 0.710. The third kappa shape index (κ3) is 0.899. The zero-order valence-corrected chi connectivity index (χ0v) is 4.44. The van der Waals surface area contributed by atoms with Crippen molar-refractivity contribution in [1.29, 1.82) is 0 Å². The van der Waals surface area contributed by atoms with Crippen LogP contribution in [0.15, 0.2) is 11.6 Å². The number of nitrogens with zero attached hydrogens (tertiary/aromatic N) is 1. The molecule has 0 saturated heterocycles. The summed E-state index contributed by atoms with van der Waals surface area (Å²) in [5.74, 6) is 0. The Morgan fingerprint density at radius 2 is 2.71 bits per heavy atom. The van der Waals surface area contributed by atoms with Gasteiger partial charge < -0.3 is 4.74 Å². The second-order valence-electron chi connectivity index (χ2n) is 0.942. The molecule has 0 aliphatic carbocycles. The molecule has 2 nitrogen and oxygen atoms in total. The molecular weight excluding hydrogens is 110 g/mol. The highest BCUT2D eigenvalue weighted by Crippen LogP contribution is 2.11. The van der Waals surface area contributed by atoms with E-state index in [9.17, 15) is 0 Å². The number of thiazole rings is 1. The van der Waals surface area contributed by atoms with Gasteiger partial charge in [-0.05, 0) is 0 Å². The first-order chi connectivity index (χ1) is 3.43. The molecule has 0 spiro atoms. The van der Waals surface area contributed by atoms with Gasteiger partial charge in [-0.3, -0.25) is 0 Å². The van der Waals surface area contributed by atoms with E-state index in [4.69, 9.17) is 0 Å². The van der Waals surface area contributed by atoms with E-state index in [1.54, 1.807) is 6.20 Å². The van der Waals surface area contributed by atoms with Crippen LogP contribution >= 0.6 is 11.3 Å². The van der Waals surface area contributed by atoms with Crippen LogP contribution < -0.4 is 4.74 Å². The molecule has 0 atom stereocenters. The molecule has 1 heterocycles. The molecule has 1 aromatic heterocycles. The summed E-state index contributed by atoms with van der Waals surface area (Å²) in [6.07, 6.45) is 1.67. The van der Waals surface area contributed by atoms with Gasteiger partial charge in [-0.2, -0.15) is 0 Å². The van der Waals surface area contributed by atoms with E-state index in [0.29, 0.717) is 5.19 Å². The van der Waals surface area contributed by atoms with E-state index in [2.05, 4.69) is 16.8 Å². The van der Waals surface area contributed by atoms with Gasteiger partial charge in [0, 0.05) is 11.6 Å². The monoisotopic (exact) mass is 114 g/mol. The molecule has 0 fully saturated rings. The summed E-state index contributed by atoms with van der Waals surface area (Å²) in [4.78, 5) is 3.77. The van der Waals surface area contributed by atoms with Crippen LogP contribution in [0.3, 0.4) is 0 Å². The summed E-state index contributed by atoms with van der Waals surface area (Å²) >= 11 is 1.43. The summed E-state index contributed by atoms with van der Waals surface area (Å²) in [5, 5.41) is 2.44. The number of hydrogen-bond donors (Lipinski definition) is 0. The largest absolute Gasteiger partial charge is 0.466 e. The van der Waals surface area contributed by atoms with Crippen LogP contribution in [0.1, 0.15) is 0 Å². The van der Waals surface area contributed by atoms with Crippen molar-refractivity contribution in [2.24, 2.45) is 0 Å². The van der Waals surface area contributed by atoms with E-state index in [-0.39, 0.29) is 0 Å². The van der Waals surface area contributed by atoms with Gasteiger partial charge in [0.2, 0.25) is 0 Å². The maximum absolute atomic E-state index is 4.51. The van der Waals surface area contributed by atoms with Crippen LogP contribution in [-0.2, 0) is 0 Å². The summed E-state index contributed by atoms with van der Waals surface area (Å²) < 4.78 is 4.51. The fourth-order valence-electron chi connectivity index (χ4n) is 0.282. The second-order valence-corrected chi connectivity index (χ2v) is 1.80. The average Bonchev–Trinajstić information content (AvgIpc) is 2.14. The van der Waals surface area contributed by atoms with Crippen LogP contribution in [-0.4, -0.2) is 4.98 Å². The maximum atomic E-state index is 4.51. The number of aromatic nitrogens is 1. The van der Waals surface area contributed by atoms with Crippen molar-refractivity contribution < 1.29 is 4.74 Å². The Kier molecular flexibility index (Phi) is 1.26. The lowest BCUT2D eigenvalue weighted by Gasteiger charge is -1.83. The Balaban J connectivity index is 2.76. The molecule has 0 aromatic carbocycles. The Morgan fingerprint density at radius 1 is 1.86 bits per heavy atom. The molecule has 37 valence electrons. The van der Waals surface area contributed by atoms with E-state index in [1.165, 1.54) is 11.3 Å². The van der Waals surface area contributed by atoms with Crippen LogP contribution in [0.4, 0.5) is 0 Å². The second kappa shape index (κ2) is 1.93. The zero-order chi connectivity index (χ0) is 5.11. The van der Waals surface area contributed by atoms with E-state index >= 15 is 0 Å². The van der Waals surface area contributed by atoms with Gasteiger partial charge >= 0.3 is 0 Å². The molecule has 0 amide bonds. The molecule has 3 heteroatoms. The Hall–Kier alpha value is -0.570. The zero-order valence-electron chi connectivity index (χ0n) is 3.63. The molecule has 0 saturated carbocycles. The van der Waals surface area contributed by atoms with Gasteiger partial charge in [0.25, 0.3) is 5.19 Å². The Labute approximate surface area is 45.8 Å². The predicted octanol–water partition coefficient (Wildman–Crippen LogP) is 1.31. The van der Waals surface area contributed by atoms with Crippen molar-refractivity contribution in [3.05, 3.63) is 18.7 Å². The van der Waals surface area contributed by atoms with Crippen molar-refractivity contribution in [3.8, 4) is 5.19 Å². The standard InChI is InChI=1S/C4H4NOS/c1-6-4-5-2-3-7-4/h2-3H,1H2. The number of ether oxygens (including phenoxy) is 1. The molecular formula is C4H4NOS. The summed E-state index contributed by atoms with van der Waals surface area (Å²) in [6, 6.07) is 0. The average molecular weight is 114 g/mol. The molecule has 0 aliphatic heterocycles. The van der Waals surface area contributed by atoms with Crippen molar-refractivity contribution in [1.82, 2.24) is 4.98 Å². The fraction of sp³-hybridized carbons (Fsp3) is 0. The highest BCUT2D eigenvalue weighted by atomic mass is 32.1. The topological polar surface area (TPSA) is 22.1 Å². The lowest BCUT2D eigenvalue weighted by molar-refractivity contribution is 0.469. The SMILES string of the molecule is [CH2]Oc1nccs1. The smallest absolute Gasteiger partial charge is 0.273 e. The molecule has 1 aromatic rings. The van der Waals surface area contributed by atoms with Gasteiger partial charge in [-0.15, -0.1) is 0 Å². The third-order valence-corrected chi connectivity index (χ3v) is 1.22. The molecule has 1 rings (SSSR count). The van der Waals surface area contributed by atoms with Gasteiger partial charge in [-0.1, -0.05) is 11.3 Å². The van der Waals surface area contributed by atoms with Gasteiger partial charge in [0.05, 0.1) is 0 Å². The van der Waals surface area contributed by atoms with Crippen LogP contribution in [0, 0.1) is 7.11 Å². The van der Waals surface area contributed by atoms with E-state index in [1.807, 2.05) is 5.38 Å². The van der Waals surface area contributed by atoms with Crippen molar-refractivity contribution in [2.45, 2.75) is 0 Å². The molecule has 0 N–H and O–H groups in total. The maximum Gasteiger partial charge on any atom is 0.273 e. The van der Waals surface area contributed by atoms with Crippen molar-refractivity contribution in [3.63, 3.8) is 0 Å². The Morgan fingerprint density at radius 3 is 3.00 bits per heavy atom. The minimum atomic E-state index is 0.611. The number of hydrogen-bond acceptors (Lipinski definition) is 3. The molecule has 0 unspecified atom stereocenters. The first kappa shape index (κ1) is 4.59. The highest BCUT2D eigenvalue weighted by molar-refractivity contribution is 7.11. The third-order valence-electron chi connectivity index (χ3n) is 0.533. The summed E-state index contributed by atoms with van der Waals surface area (Å²) in [6.45, 7) is 0. The molecule has 0 bridgehead atoms. The lowest BCUT2D eigenvalue weighted by Crippen LogP contribution is -1.72. The van der Waals surface area contributed by atoms with Gasteiger partial charge in [0.1, 0.15) is 7.11 Å². The van der Waals surface area contributed by atoms with Gasteiger partial charge in [-0.25, -0.2) is 4.98 Å². The minimum Gasteiger partial charge on any atom is -0.466 e. The highest BCUT2D eigenvalue weighted by Gasteiger charge is 1.85. The summed E-state index contributed by atoms with van der Waals surface area (Å²) in [5.41, 5.74) is 0. The molecule has 0 aliphatic rings. The van der Waals surface area contributed by atoms with Crippen LogP contribution in [0.2, 0.25) is 0 Å². The number of rotatable bonds is 1. The van der Waals surface area contributed by atoms with Gasteiger partial charge in [0.15, 0.2) is 0 Å². The normalized spacial score (nSPS) is 8.71. The molecule has 7 heavy (non-hydrogen) atoms. The Bertz CT molecular complexity index is 126.